The molecule has 0 amide bonds. The Hall–Kier alpha value is -1.80. The van der Waals surface area contributed by atoms with Crippen molar-refractivity contribution in [1.29, 1.82) is 0 Å². The summed E-state index contributed by atoms with van der Waals surface area (Å²) in [6.45, 7) is 3.19. The van der Waals surface area contributed by atoms with Crippen molar-refractivity contribution in [2.45, 2.75) is 20.1 Å². The van der Waals surface area contributed by atoms with Gasteiger partial charge in [0.05, 0.1) is 0 Å². The third-order valence-corrected chi connectivity index (χ3v) is 2.59. The lowest BCUT2D eigenvalue weighted by Gasteiger charge is -2.09. The van der Waals surface area contributed by atoms with Crippen LogP contribution < -0.4 is 10.5 Å². The SMILES string of the molecule is Cc1cc(CN)cc(OCc2ccccc2)c1. The highest BCUT2D eigenvalue weighted by Crippen LogP contribution is 2.18. The molecule has 2 nitrogen and oxygen atoms in total. The van der Waals surface area contributed by atoms with E-state index in [1.807, 2.05) is 30.3 Å². The minimum atomic E-state index is 0.545. The summed E-state index contributed by atoms with van der Waals surface area (Å²) in [5.41, 5.74) is 9.09. The van der Waals surface area contributed by atoms with Gasteiger partial charge >= 0.3 is 0 Å². The van der Waals surface area contributed by atoms with E-state index in [1.54, 1.807) is 0 Å². The number of rotatable bonds is 4. The molecule has 0 aliphatic rings. The Labute approximate surface area is 102 Å². The molecule has 0 saturated heterocycles. The van der Waals surface area contributed by atoms with Crippen LogP contribution in [0.5, 0.6) is 5.75 Å². The van der Waals surface area contributed by atoms with Gasteiger partial charge < -0.3 is 10.5 Å². The molecule has 0 heterocycles. The Morgan fingerprint density at radius 2 is 1.76 bits per heavy atom. The van der Waals surface area contributed by atoms with Crippen LogP contribution in [0.3, 0.4) is 0 Å². The van der Waals surface area contributed by atoms with Crippen LogP contribution >= 0.6 is 0 Å². The molecule has 0 unspecified atom stereocenters. The molecule has 0 aliphatic heterocycles. The van der Waals surface area contributed by atoms with E-state index >= 15 is 0 Å². The van der Waals surface area contributed by atoms with Gasteiger partial charge in [-0.05, 0) is 35.7 Å². The van der Waals surface area contributed by atoms with Gasteiger partial charge in [0, 0.05) is 6.54 Å². The van der Waals surface area contributed by atoms with E-state index in [2.05, 4.69) is 25.1 Å². The smallest absolute Gasteiger partial charge is 0.120 e. The maximum absolute atomic E-state index is 5.76. The Balaban J connectivity index is 2.06. The van der Waals surface area contributed by atoms with Crippen molar-refractivity contribution in [1.82, 2.24) is 0 Å². The van der Waals surface area contributed by atoms with E-state index in [0.29, 0.717) is 13.2 Å². The molecule has 0 spiro atoms. The van der Waals surface area contributed by atoms with Crippen LogP contribution in [-0.4, -0.2) is 0 Å². The fraction of sp³-hybridized carbons (Fsp3) is 0.200. The molecule has 0 saturated carbocycles. The number of hydrogen-bond donors (Lipinski definition) is 1. The lowest BCUT2D eigenvalue weighted by Crippen LogP contribution is -1.99. The number of aryl methyl sites for hydroxylation is 1. The molecular weight excluding hydrogens is 210 g/mol. The Morgan fingerprint density at radius 1 is 1.00 bits per heavy atom. The molecule has 88 valence electrons. The molecular formula is C15H17NO. The molecule has 2 N–H and O–H groups in total. The molecule has 0 aliphatic carbocycles. The van der Waals surface area contributed by atoms with Crippen molar-refractivity contribution >= 4 is 0 Å². The van der Waals surface area contributed by atoms with Gasteiger partial charge in [-0.15, -0.1) is 0 Å². The third kappa shape index (κ3) is 3.33. The highest BCUT2D eigenvalue weighted by atomic mass is 16.5. The van der Waals surface area contributed by atoms with Gasteiger partial charge in [0.15, 0.2) is 0 Å². The van der Waals surface area contributed by atoms with Gasteiger partial charge in [-0.3, -0.25) is 0 Å². The third-order valence-electron chi connectivity index (χ3n) is 2.59. The van der Waals surface area contributed by atoms with Gasteiger partial charge in [-0.25, -0.2) is 0 Å². The normalized spacial score (nSPS) is 10.2. The van der Waals surface area contributed by atoms with Gasteiger partial charge in [-0.2, -0.15) is 0 Å². The minimum absolute atomic E-state index is 0.545. The quantitative estimate of drug-likeness (QED) is 0.871. The summed E-state index contributed by atoms with van der Waals surface area (Å²) in [7, 11) is 0. The average molecular weight is 227 g/mol. The van der Waals surface area contributed by atoms with Crippen LogP contribution in [-0.2, 0) is 13.2 Å². The first-order chi connectivity index (χ1) is 8.28. The first kappa shape index (κ1) is 11.7. The Morgan fingerprint density at radius 3 is 2.47 bits per heavy atom. The predicted molar refractivity (Wildman–Crippen MR) is 69.8 cm³/mol. The summed E-state index contributed by atoms with van der Waals surface area (Å²) in [6.07, 6.45) is 0. The molecule has 2 aromatic carbocycles. The summed E-state index contributed by atoms with van der Waals surface area (Å²) in [4.78, 5) is 0. The number of ether oxygens (including phenoxy) is 1. The first-order valence-electron chi connectivity index (χ1n) is 5.75. The van der Waals surface area contributed by atoms with Gasteiger partial charge in [-0.1, -0.05) is 36.4 Å². The summed E-state index contributed by atoms with van der Waals surface area (Å²) >= 11 is 0. The van der Waals surface area contributed by atoms with Crippen LogP contribution in [0.15, 0.2) is 48.5 Å². The van der Waals surface area contributed by atoms with Crippen molar-refractivity contribution in [3.63, 3.8) is 0 Å². The standard InChI is InChI=1S/C15H17NO/c1-12-7-14(10-16)9-15(8-12)17-11-13-5-3-2-4-6-13/h2-9H,10-11,16H2,1H3. The molecule has 17 heavy (non-hydrogen) atoms. The van der Waals surface area contributed by atoms with E-state index in [9.17, 15) is 0 Å². The maximum atomic E-state index is 5.76. The van der Waals surface area contributed by atoms with Gasteiger partial charge in [0.2, 0.25) is 0 Å². The van der Waals surface area contributed by atoms with Crippen LogP contribution in [0.2, 0.25) is 0 Å². The van der Waals surface area contributed by atoms with Crippen LogP contribution in [0.25, 0.3) is 0 Å². The fourth-order valence-corrected chi connectivity index (χ4v) is 1.77. The van der Waals surface area contributed by atoms with Crippen molar-refractivity contribution in [2.75, 3.05) is 0 Å². The summed E-state index contributed by atoms with van der Waals surface area (Å²) < 4.78 is 5.76. The van der Waals surface area contributed by atoms with Crippen LogP contribution in [0.4, 0.5) is 0 Å². The van der Waals surface area contributed by atoms with Gasteiger partial charge in [0.25, 0.3) is 0 Å². The molecule has 0 radical (unpaired) electrons. The van der Waals surface area contributed by atoms with E-state index in [1.165, 1.54) is 11.1 Å². The highest BCUT2D eigenvalue weighted by Gasteiger charge is 1.99. The molecule has 2 heteroatoms. The lowest BCUT2D eigenvalue weighted by atomic mass is 10.1. The second-order valence-electron chi connectivity index (χ2n) is 4.13. The maximum Gasteiger partial charge on any atom is 0.120 e. The number of benzene rings is 2. The first-order valence-corrected chi connectivity index (χ1v) is 5.75. The zero-order chi connectivity index (χ0) is 12.1. The monoisotopic (exact) mass is 227 g/mol. The van der Waals surface area contributed by atoms with E-state index in [4.69, 9.17) is 10.5 Å². The molecule has 0 bridgehead atoms. The highest BCUT2D eigenvalue weighted by molar-refractivity contribution is 5.34. The average Bonchev–Trinajstić information content (AvgIpc) is 2.37. The molecule has 0 fully saturated rings. The Bertz CT molecular complexity index is 480. The molecule has 2 aromatic rings. The fourth-order valence-electron chi connectivity index (χ4n) is 1.77. The molecule has 0 aromatic heterocycles. The number of nitrogens with two attached hydrogens (primary N) is 1. The number of hydrogen-bond acceptors (Lipinski definition) is 2. The van der Waals surface area contributed by atoms with Crippen molar-refractivity contribution in [2.24, 2.45) is 5.73 Å². The van der Waals surface area contributed by atoms with Crippen LogP contribution in [0, 0.1) is 6.92 Å². The van der Waals surface area contributed by atoms with Crippen molar-refractivity contribution in [3.05, 3.63) is 65.2 Å². The minimum Gasteiger partial charge on any atom is -0.489 e. The largest absolute Gasteiger partial charge is 0.489 e. The zero-order valence-electron chi connectivity index (χ0n) is 10.0. The molecule has 0 atom stereocenters. The molecule has 2 rings (SSSR count). The van der Waals surface area contributed by atoms with Crippen molar-refractivity contribution in [3.8, 4) is 5.75 Å². The summed E-state index contributed by atoms with van der Waals surface area (Å²) in [5, 5.41) is 0. The van der Waals surface area contributed by atoms with Crippen molar-refractivity contribution < 1.29 is 4.74 Å². The van der Waals surface area contributed by atoms with E-state index < -0.39 is 0 Å². The second-order valence-corrected chi connectivity index (χ2v) is 4.13. The Kier molecular flexibility index (Phi) is 3.78. The zero-order valence-corrected chi connectivity index (χ0v) is 10.0. The second kappa shape index (κ2) is 5.51. The van der Waals surface area contributed by atoms with Gasteiger partial charge in [0.1, 0.15) is 12.4 Å². The van der Waals surface area contributed by atoms with Crippen LogP contribution in [0.1, 0.15) is 16.7 Å². The topological polar surface area (TPSA) is 35.2 Å². The predicted octanol–water partition coefficient (Wildman–Crippen LogP) is 3.03. The summed E-state index contributed by atoms with van der Waals surface area (Å²) in [6, 6.07) is 16.2. The van der Waals surface area contributed by atoms with E-state index in [0.717, 1.165) is 11.3 Å². The lowest BCUT2D eigenvalue weighted by molar-refractivity contribution is 0.305. The summed E-state index contributed by atoms with van der Waals surface area (Å²) in [5.74, 6) is 0.884. The van der Waals surface area contributed by atoms with E-state index in [-0.39, 0.29) is 0 Å².